The number of hydrogen-bond donors (Lipinski definition) is 0. The number of nitrogens with zero attached hydrogens (tertiary/aromatic N) is 1. The van der Waals surface area contributed by atoms with Gasteiger partial charge in [-0.1, -0.05) is 115 Å². The Hall–Kier alpha value is -6.58. The summed E-state index contributed by atoms with van der Waals surface area (Å²) in [6, 6.07) is 61.9. The molecule has 0 spiro atoms. The molecule has 10 rings (SSSR count). The van der Waals surface area contributed by atoms with Crippen molar-refractivity contribution in [1.29, 1.82) is 0 Å². The van der Waals surface area contributed by atoms with Gasteiger partial charge in [0.05, 0.1) is 0 Å². The van der Waals surface area contributed by atoms with Crippen LogP contribution in [0.1, 0.15) is 0 Å². The second kappa shape index (κ2) is 11.0. The van der Waals surface area contributed by atoms with Crippen LogP contribution in [0.2, 0.25) is 0 Å². The summed E-state index contributed by atoms with van der Waals surface area (Å²) >= 11 is 0. The maximum atomic E-state index is 6.78. The third-order valence-electron chi connectivity index (χ3n) is 9.64. The number of rotatable bonds is 5. The van der Waals surface area contributed by atoms with Crippen LogP contribution in [0.5, 0.6) is 0 Å². The molecule has 10 aromatic rings. The highest BCUT2D eigenvalue weighted by Gasteiger charge is 2.20. The average molecular weight is 628 g/mol. The molecule has 0 aliphatic carbocycles. The molecule has 2 heterocycles. The summed E-state index contributed by atoms with van der Waals surface area (Å²) in [5.74, 6) is 0. The van der Waals surface area contributed by atoms with Crippen molar-refractivity contribution in [3.05, 3.63) is 176 Å². The lowest BCUT2D eigenvalue weighted by Crippen LogP contribution is -2.09. The monoisotopic (exact) mass is 627 g/mol. The van der Waals surface area contributed by atoms with Crippen LogP contribution >= 0.6 is 0 Å². The number of fused-ring (bicyclic) bond motifs is 8. The molecule has 3 heteroatoms. The predicted molar refractivity (Wildman–Crippen MR) is 204 cm³/mol. The van der Waals surface area contributed by atoms with Crippen LogP contribution in [0.3, 0.4) is 0 Å². The Kier molecular flexibility index (Phi) is 6.18. The van der Waals surface area contributed by atoms with E-state index in [1.807, 2.05) is 12.1 Å². The largest absolute Gasteiger partial charge is 0.456 e. The first-order valence-corrected chi connectivity index (χ1v) is 16.6. The molecular formula is C46H29NO2. The highest BCUT2D eigenvalue weighted by Crippen LogP contribution is 2.44. The number of hydrogen-bond acceptors (Lipinski definition) is 3. The van der Waals surface area contributed by atoms with Crippen molar-refractivity contribution in [2.45, 2.75) is 0 Å². The first-order chi connectivity index (χ1) is 24.3. The molecule has 0 bridgehead atoms. The molecule has 0 saturated carbocycles. The quantitative estimate of drug-likeness (QED) is 0.190. The summed E-state index contributed by atoms with van der Waals surface area (Å²) in [6.07, 6.45) is 0. The van der Waals surface area contributed by atoms with Crippen molar-refractivity contribution < 1.29 is 8.83 Å². The van der Waals surface area contributed by atoms with Crippen molar-refractivity contribution in [3.63, 3.8) is 0 Å². The second-order valence-corrected chi connectivity index (χ2v) is 12.5. The molecule has 0 aliphatic heterocycles. The van der Waals surface area contributed by atoms with Gasteiger partial charge in [0.25, 0.3) is 0 Å². The van der Waals surface area contributed by atoms with Crippen LogP contribution in [-0.2, 0) is 0 Å². The fraction of sp³-hybridized carbons (Fsp3) is 0. The molecule has 0 atom stereocenters. The molecule has 0 aliphatic rings. The smallest absolute Gasteiger partial charge is 0.143 e. The van der Waals surface area contributed by atoms with Gasteiger partial charge in [-0.2, -0.15) is 0 Å². The van der Waals surface area contributed by atoms with Gasteiger partial charge in [0, 0.05) is 56.1 Å². The van der Waals surface area contributed by atoms with Crippen molar-refractivity contribution in [2.24, 2.45) is 0 Å². The minimum atomic E-state index is 0.844. The van der Waals surface area contributed by atoms with E-state index in [0.29, 0.717) is 0 Å². The maximum absolute atomic E-state index is 6.78. The van der Waals surface area contributed by atoms with Gasteiger partial charge in [-0.25, -0.2) is 0 Å². The first-order valence-electron chi connectivity index (χ1n) is 16.6. The molecule has 0 saturated heterocycles. The molecule has 0 radical (unpaired) electrons. The van der Waals surface area contributed by atoms with Gasteiger partial charge in [-0.15, -0.1) is 0 Å². The zero-order valence-electron chi connectivity index (χ0n) is 26.5. The van der Waals surface area contributed by atoms with Crippen LogP contribution in [0.25, 0.3) is 76.9 Å². The summed E-state index contributed by atoms with van der Waals surface area (Å²) in [5.41, 5.74) is 11.3. The van der Waals surface area contributed by atoms with Crippen molar-refractivity contribution >= 4 is 71.7 Å². The van der Waals surface area contributed by atoms with Gasteiger partial charge in [0.15, 0.2) is 0 Å². The molecule has 0 unspecified atom stereocenters. The number of anilines is 3. The van der Waals surface area contributed by atoms with Crippen molar-refractivity contribution in [1.82, 2.24) is 0 Å². The van der Waals surface area contributed by atoms with Gasteiger partial charge in [0.1, 0.15) is 22.3 Å². The Morgan fingerprint density at radius 1 is 0.306 bits per heavy atom. The van der Waals surface area contributed by atoms with E-state index in [4.69, 9.17) is 8.83 Å². The summed E-state index contributed by atoms with van der Waals surface area (Å²) in [4.78, 5) is 2.29. The molecule has 230 valence electrons. The Morgan fingerprint density at radius 2 is 0.857 bits per heavy atom. The maximum Gasteiger partial charge on any atom is 0.143 e. The van der Waals surface area contributed by atoms with E-state index < -0.39 is 0 Å². The van der Waals surface area contributed by atoms with E-state index in [1.54, 1.807) is 0 Å². The van der Waals surface area contributed by atoms with E-state index >= 15 is 0 Å². The van der Waals surface area contributed by atoms with Crippen molar-refractivity contribution in [2.75, 3.05) is 4.90 Å². The van der Waals surface area contributed by atoms with E-state index in [9.17, 15) is 0 Å². The Morgan fingerprint density at radius 3 is 1.61 bits per heavy atom. The highest BCUT2D eigenvalue weighted by molar-refractivity contribution is 6.19. The van der Waals surface area contributed by atoms with Crippen LogP contribution < -0.4 is 4.90 Å². The van der Waals surface area contributed by atoms with Gasteiger partial charge in [-0.3, -0.25) is 0 Å². The van der Waals surface area contributed by atoms with Gasteiger partial charge in [-0.05, 0) is 76.2 Å². The number of benzene rings is 8. The lowest BCUT2D eigenvalue weighted by molar-refractivity contribution is 0.669. The third-order valence-corrected chi connectivity index (χ3v) is 9.64. The first kappa shape index (κ1) is 27.5. The summed E-state index contributed by atoms with van der Waals surface area (Å²) < 4.78 is 13.1. The molecule has 49 heavy (non-hydrogen) atoms. The second-order valence-electron chi connectivity index (χ2n) is 12.5. The Labute approximate surface area is 282 Å². The SMILES string of the molecule is c1ccc(-c2cccc(N(c3ccc4c(c3)oc3ccccc34)c3ccc4c(c3)oc3c5ccccc5c(-c5ccccc5)cc43)c2)cc1. The predicted octanol–water partition coefficient (Wildman–Crippen LogP) is 13.4. The topological polar surface area (TPSA) is 29.5 Å². The van der Waals surface area contributed by atoms with Crippen LogP contribution in [0.4, 0.5) is 17.1 Å². The van der Waals surface area contributed by atoms with E-state index in [1.165, 1.54) is 22.1 Å². The van der Waals surface area contributed by atoms with Gasteiger partial charge >= 0.3 is 0 Å². The molecular weight excluding hydrogens is 599 g/mol. The zero-order chi connectivity index (χ0) is 32.3. The lowest BCUT2D eigenvalue weighted by atomic mass is 9.95. The Bertz CT molecular complexity index is 2830. The molecule has 8 aromatic carbocycles. The third kappa shape index (κ3) is 4.51. The van der Waals surface area contributed by atoms with Gasteiger partial charge < -0.3 is 13.7 Å². The number of furan rings is 2. The fourth-order valence-electron chi connectivity index (χ4n) is 7.34. The zero-order valence-corrected chi connectivity index (χ0v) is 26.5. The van der Waals surface area contributed by atoms with E-state index in [2.05, 4.69) is 169 Å². The molecule has 0 N–H and O–H groups in total. The molecule has 0 fully saturated rings. The molecule has 3 nitrogen and oxygen atoms in total. The summed E-state index contributed by atoms with van der Waals surface area (Å²) in [6.45, 7) is 0. The molecule has 0 amide bonds. The minimum absolute atomic E-state index is 0.844. The summed E-state index contributed by atoms with van der Waals surface area (Å²) in [5, 5.41) is 6.71. The van der Waals surface area contributed by atoms with Crippen molar-refractivity contribution in [3.8, 4) is 22.3 Å². The van der Waals surface area contributed by atoms with E-state index in [-0.39, 0.29) is 0 Å². The minimum Gasteiger partial charge on any atom is -0.456 e. The van der Waals surface area contributed by atoms with Gasteiger partial charge in [0.2, 0.25) is 0 Å². The van der Waals surface area contributed by atoms with Crippen LogP contribution in [-0.4, -0.2) is 0 Å². The fourth-order valence-corrected chi connectivity index (χ4v) is 7.34. The van der Waals surface area contributed by atoms with Crippen LogP contribution in [0, 0.1) is 0 Å². The normalized spacial score (nSPS) is 11.7. The standard InChI is InChI=1S/C46H29NO2/c1-3-12-30(13-4-1)32-16-11-17-33(26-32)47(34-22-24-38-37-19-9-10-21-43(37)48-44(38)27-34)35-23-25-39-42-29-41(31-14-5-2-6-15-31)36-18-7-8-20-40(36)46(42)49-45(39)28-35/h1-29H. The number of para-hydroxylation sites is 1. The molecule has 2 aromatic heterocycles. The average Bonchev–Trinajstić information content (AvgIpc) is 3.73. The summed E-state index contributed by atoms with van der Waals surface area (Å²) in [7, 11) is 0. The van der Waals surface area contributed by atoms with Crippen LogP contribution in [0.15, 0.2) is 185 Å². The Balaban J connectivity index is 1.19. The lowest BCUT2D eigenvalue weighted by Gasteiger charge is -2.26. The highest BCUT2D eigenvalue weighted by atomic mass is 16.3. The van der Waals surface area contributed by atoms with E-state index in [0.717, 1.165) is 71.9 Å².